The molecule has 3 N–H and O–H groups in total. The maximum atomic E-state index is 9.58. The molecule has 2 aromatic rings. The molecule has 0 radical (unpaired) electrons. The van der Waals surface area contributed by atoms with Crippen LogP contribution in [0, 0.1) is 0 Å². The van der Waals surface area contributed by atoms with E-state index in [-0.39, 0.29) is 11.5 Å². The molecule has 0 aliphatic rings. The van der Waals surface area contributed by atoms with E-state index in [4.69, 9.17) is 11.6 Å². The Hall–Kier alpha value is -1.87. The first kappa shape index (κ1) is 11.6. The van der Waals surface area contributed by atoms with E-state index in [1.54, 1.807) is 24.3 Å². The van der Waals surface area contributed by atoms with Crippen molar-refractivity contribution in [2.45, 2.75) is 6.54 Å². The Morgan fingerprint density at radius 1 is 1.00 bits per heavy atom. The van der Waals surface area contributed by atoms with Crippen molar-refractivity contribution < 1.29 is 10.2 Å². The number of aromatic hydroxyl groups is 2. The van der Waals surface area contributed by atoms with Gasteiger partial charge in [0, 0.05) is 17.8 Å². The molecule has 0 bridgehead atoms. The van der Waals surface area contributed by atoms with Crippen LogP contribution < -0.4 is 5.32 Å². The lowest BCUT2D eigenvalue weighted by Crippen LogP contribution is -1.99. The third kappa shape index (κ3) is 2.82. The van der Waals surface area contributed by atoms with E-state index < -0.39 is 0 Å². The lowest BCUT2D eigenvalue weighted by Gasteiger charge is -2.08. The molecule has 0 aliphatic carbocycles. The molecule has 0 atom stereocenters. The Labute approximate surface area is 104 Å². The lowest BCUT2D eigenvalue weighted by molar-refractivity contribution is 0.469. The van der Waals surface area contributed by atoms with Gasteiger partial charge in [0.1, 0.15) is 11.5 Å². The van der Waals surface area contributed by atoms with Crippen molar-refractivity contribution in [1.82, 2.24) is 0 Å². The van der Waals surface area contributed by atoms with Crippen molar-refractivity contribution in [3.8, 4) is 11.5 Å². The molecule has 0 saturated carbocycles. The number of halogens is 1. The van der Waals surface area contributed by atoms with Crippen molar-refractivity contribution in [1.29, 1.82) is 0 Å². The summed E-state index contributed by atoms with van der Waals surface area (Å²) in [4.78, 5) is 0. The van der Waals surface area contributed by atoms with E-state index in [9.17, 15) is 10.2 Å². The van der Waals surface area contributed by atoms with Crippen LogP contribution in [0.15, 0.2) is 42.5 Å². The number of rotatable bonds is 3. The van der Waals surface area contributed by atoms with Gasteiger partial charge in [0.05, 0.1) is 5.02 Å². The fourth-order valence-corrected chi connectivity index (χ4v) is 1.66. The van der Waals surface area contributed by atoms with Crippen molar-refractivity contribution in [2.24, 2.45) is 0 Å². The fourth-order valence-electron chi connectivity index (χ4n) is 1.47. The van der Waals surface area contributed by atoms with Crippen LogP contribution in [-0.4, -0.2) is 10.2 Å². The number of phenols is 2. The SMILES string of the molecule is Oc1ccc(NCc2ccccc2O)cc1Cl. The van der Waals surface area contributed by atoms with Gasteiger partial charge in [-0.25, -0.2) is 0 Å². The number of hydrogen-bond donors (Lipinski definition) is 3. The van der Waals surface area contributed by atoms with Crippen LogP contribution in [0.1, 0.15) is 5.56 Å². The molecule has 2 aromatic carbocycles. The van der Waals surface area contributed by atoms with Gasteiger partial charge in [-0.15, -0.1) is 0 Å². The average Bonchev–Trinajstić information content (AvgIpc) is 2.32. The maximum Gasteiger partial charge on any atom is 0.134 e. The first-order valence-electron chi connectivity index (χ1n) is 5.16. The van der Waals surface area contributed by atoms with Gasteiger partial charge in [0.2, 0.25) is 0 Å². The van der Waals surface area contributed by atoms with Crippen LogP contribution in [0.4, 0.5) is 5.69 Å². The zero-order valence-electron chi connectivity index (χ0n) is 9.02. The molecule has 0 unspecified atom stereocenters. The molecule has 4 heteroatoms. The van der Waals surface area contributed by atoms with Crippen molar-refractivity contribution in [3.05, 3.63) is 53.1 Å². The molecule has 0 amide bonds. The predicted octanol–water partition coefficient (Wildman–Crippen LogP) is 3.36. The van der Waals surface area contributed by atoms with Gasteiger partial charge >= 0.3 is 0 Å². The second-order valence-corrected chi connectivity index (χ2v) is 4.06. The summed E-state index contributed by atoms with van der Waals surface area (Å²) in [7, 11) is 0. The van der Waals surface area contributed by atoms with E-state index >= 15 is 0 Å². The quantitative estimate of drug-likeness (QED) is 0.731. The average molecular weight is 250 g/mol. The van der Waals surface area contributed by atoms with Gasteiger partial charge in [-0.05, 0) is 24.3 Å². The summed E-state index contributed by atoms with van der Waals surface area (Å²) in [5.74, 6) is 0.310. The number of nitrogens with one attached hydrogen (secondary N) is 1. The van der Waals surface area contributed by atoms with E-state index in [0.717, 1.165) is 11.3 Å². The minimum absolute atomic E-state index is 0.0553. The maximum absolute atomic E-state index is 9.58. The minimum Gasteiger partial charge on any atom is -0.508 e. The lowest BCUT2D eigenvalue weighted by atomic mass is 10.2. The molecule has 0 aliphatic heterocycles. The molecule has 0 heterocycles. The highest BCUT2D eigenvalue weighted by Crippen LogP contribution is 2.26. The Bertz CT molecular complexity index is 529. The molecule has 0 aromatic heterocycles. The van der Waals surface area contributed by atoms with Crippen molar-refractivity contribution in [2.75, 3.05) is 5.32 Å². The van der Waals surface area contributed by atoms with Crippen molar-refractivity contribution in [3.63, 3.8) is 0 Å². The molecule has 0 fully saturated rings. The number of para-hydroxylation sites is 1. The predicted molar refractivity (Wildman–Crippen MR) is 68.6 cm³/mol. The van der Waals surface area contributed by atoms with Crippen molar-refractivity contribution >= 4 is 17.3 Å². The number of benzene rings is 2. The molecule has 17 heavy (non-hydrogen) atoms. The molecular formula is C13H12ClNO2. The second kappa shape index (κ2) is 4.97. The van der Waals surface area contributed by atoms with Crippen LogP contribution in [0.5, 0.6) is 11.5 Å². The van der Waals surface area contributed by atoms with E-state index in [1.165, 1.54) is 6.07 Å². The van der Waals surface area contributed by atoms with Crippen LogP contribution in [0.3, 0.4) is 0 Å². The number of hydrogen-bond acceptors (Lipinski definition) is 3. The van der Waals surface area contributed by atoms with E-state index in [0.29, 0.717) is 11.6 Å². The fraction of sp³-hybridized carbons (Fsp3) is 0.0769. The largest absolute Gasteiger partial charge is 0.508 e. The first-order valence-corrected chi connectivity index (χ1v) is 5.54. The highest BCUT2D eigenvalue weighted by atomic mass is 35.5. The Kier molecular flexibility index (Phi) is 3.40. The van der Waals surface area contributed by atoms with Crippen LogP contribution in [0.25, 0.3) is 0 Å². The summed E-state index contributed by atoms with van der Waals surface area (Å²) >= 11 is 5.79. The van der Waals surface area contributed by atoms with Gasteiger partial charge in [0.15, 0.2) is 0 Å². The van der Waals surface area contributed by atoms with Gasteiger partial charge in [-0.3, -0.25) is 0 Å². The zero-order valence-corrected chi connectivity index (χ0v) is 9.78. The second-order valence-electron chi connectivity index (χ2n) is 3.65. The molecule has 2 rings (SSSR count). The molecular weight excluding hydrogens is 238 g/mol. The zero-order chi connectivity index (χ0) is 12.3. The number of phenolic OH excluding ortho intramolecular Hbond substituents is 2. The third-order valence-corrected chi connectivity index (χ3v) is 2.72. The summed E-state index contributed by atoms with van der Waals surface area (Å²) in [5.41, 5.74) is 1.59. The highest BCUT2D eigenvalue weighted by molar-refractivity contribution is 6.32. The van der Waals surface area contributed by atoms with Crippen LogP contribution in [-0.2, 0) is 6.54 Å². The minimum atomic E-state index is 0.0553. The standard InChI is InChI=1S/C13H12ClNO2/c14-11-7-10(5-6-13(11)17)15-8-9-3-1-2-4-12(9)16/h1-7,15-17H,8H2. The van der Waals surface area contributed by atoms with E-state index in [1.807, 2.05) is 12.1 Å². The first-order chi connectivity index (χ1) is 8.16. The van der Waals surface area contributed by atoms with Crippen LogP contribution >= 0.6 is 11.6 Å². The summed E-state index contributed by atoms with van der Waals surface area (Å²) in [5, 5.41) is 22.3. The number of anilines is 1. The van der Waals surface area contributed by atoms with Gasteiger partial charge in [-0.1, -0.05) is 29.8 Å². The monoisotopic (exact) mass is 249 g/mol. The Morgan fingerprint density at radius 3 is 2.47 bits per heavy atom. The van der Waals surface area contributed by atoms with Gasteiger partial charge in [0.25, 0.3) is 0 Å². The summed E-state index contributed by atoms with van der Waals surface area (Å²) < 4.78 is 0. The van der Waals surface area contributed by atoms with Gasteiger partial charge < -0.3 is 15.5 Å². The van der Waals surface area contributed by atoms with Crippen LogP contribution in [0.2, 0.25) is 5.02 Å². The van der Waals surface area contributed by atoms with E-state index in [2.05, 4.69) is 5.32 Å². The molecule has 0 saturated heterocycles. The molecule has 3 nitrogen and oxygen atoms in total. The normalized spacial score (nSPS) is 10.2. The Balaban J connectivity index is 2.08. The highest BCUT2D eigenvalue weighted by Gasteiger charge is 2.02. The molecule has 88 valence electrons. The summed E-state index contributed by atoms with van der Waals surface area (Å²) in [6, 6.07) is 12.0. The van der Waals surface area contributed by atoms with Gasteiger partial charge in [-0.2, -0.15) is 0 Å². The summed E-state index contributed by atoms with van der Waals surface area (Å²) in [6.07, 6.45) is 0. The third-order valence-electron chi connectivity index (χ3n) is 2.42. The smallest absolute Gasteiger partial charge is 0.134 e. The topological polar surface area (TPSA) is 52.5 Å². The molecule has 0 spiro atoms. The Morgan fingerprint density at radius 2 is 1.76 bits per heavy atom. The summed E-state index contributed by atoms with van der Waals surface area (Å²) in [6.45, 7) is 0.494.